The summed E-state index contributed by atoms with van der Waals surface area (Å²) in [4.78, 5) is 12.2. The Morgan fingerprint density at radius 3 is 3.11 bits per heavy atom. The number of nitrogens with two attached hydrogens (primary N) is 1. The van der Waals surface area contributed by atoms with Crippen molar-refractivity contribution in [1.29, 1.82) is 0 Å². The SMILES string of the molecule is Nc1[nH]ncc1C(=O)Cc1cc(Br)cc2c1OCC2. The van der Waals surface area contributed by atoms with Crippen LogP contribution in [0, 0.1) is 0 Å². The molecular weight excluding hydrogens is 310 g/mol. The summed E-state index contributed by atoms with van der Waals surface area (Å²) < 4.78 is 6.56. The number of nitrogens with one attached hydrogen (secondary N) is 1. The third kappa shape index (κ3) is 2.23. The number of aromatic nitrogens is 2. The predicted molar refractivity (Wildman–Crippen MR) is 74.4 cm³/mol. The molecule has 1 aromatic heterocycles. The largest absolute Gasteiger partial charge is 0.493 e. The van der Waals surface area contributed by atoms with Crippen LogP contribution in [0.4, 0.5) is 5.82 Å². The molecule has 2 heterocycles. The lowest BCUT2D eigenvalue weighted by Crippen LogP contribution is -2.06. The number of nitrogen functional groups attached to an aromatic ring is 1. The van der Waals surface area contributed by atoms with Gasteiger partial charge in [-0.05, 0) is 17.7 Å². The van der Waals surface area contributed by atoms with Gasteiger partial charge in [0, 0.05) is 22.9 Å². The highest BCUT2D eigenvalue weighted by Crippen LogP contribution is 2.33. The molecule has 5 nitrogen and oxygen atoms in total. The molecule has 3 rings (SSSR count). The summed E-state index contributed by atoms with van der Waals surface area (Å²) in [5.41, 5.74) is 8.10. The van der Waals surface area contributed by atoms with Crippen LogP contribution in [0.3, 0.4) is 0 Å². The summed E-state index contributed by atoms with van der Waals surface area (Å²) in [7, 11) is 0. The van der Waals surface area contributed by atoms with Crippen LogP contribution < -0.4 is 10.5 Å². The lowest BCUT2D eigenvalue weighted by Gasteiger charge is -2.08. The second-order valence-corrected chi connectivity index (χ2v) is 5.36. The molecule has 6 heteroatoms. The van der Waals surface area contributed by atoms with Crippen molar-refractivity contribution in [2.24, 2.45) is 0 Å². The number of ether oxygens (including phenoxy) is 1. The maximum atomic E-state index is 12.2. The van der Waals surface area contributed by atoms with Gasteiger partial charge >= 0.3 is 0 Å². The minimum Gasteiger partial charge on any atom is -0.493 e. The number of carbonyl (C=O) groups excluding carboxylic acids is 1. The molecule has 3 N–H and O–H groups in total. The van der Waals surface area contributed by atoms with Crippen LogP contribution >= 0.6 is 15.9 Å². The summed E-state index contributed by atoms with van der Waals surface area (Å²) >= 11 is 3.46. The molecule has 0 radical (unpaired) electrons. The molecule has 1 aromatic carbocycles. The Bertz CT molecular complexity index is 651. The minimum atomic E-state index is -0.0675. The molecule has 0 atom stereocenters. The molecule has 0 fully saturated rings. The number of benzene rings is 1. The molecule has 98 valence electrons. The van der Waals surface area contributed by atoms with Gasteiger partial charge in [-0.2, -0.15) is 5.10 Å². The number of rotatable bonds is 3. The smallest absolute Gasteiger partial charge is 0.172 e. The normalized spacial score (nSPS) is 13.1. The summed E-state index contributed by atoms with van der Waals surface area (Å²) in [5.74, 6) is 1.07. The molecule has 0 aliphatic carbocycles. The molecule has 0 saturated heterocycles. The fourth-order valence-corrected chi connectivity index (χ4v) is 2.82. The number of carbonyl (C=O) groups is 1. The van der Waals surface area contributed by atoms with E-state index in [1.807, 2.05) is 12.1 Å². The summed E-state index contributed by atoms with van der Waals surface area (Å²) in [6, 6.07) is 3.95. The van der Waals surface area contributed by atoms with Crippen LogP contribution in [0.15, 0.2) is 22.8 Å². The van der Waals surface area contributed by atoms with Crippen molar-refractivity contribution in [2.75, 3.05) is 12.3 Å². The molecule has 0 unspecified atom stereocenters. The van der Waals surface area contributed by atoms with Crippen LogP contribution in [-0.4, -0.2) is 22.6 Å². The zero-order valence-electron chi connectivity index (χ0n) is 10.1. The van der Waals surface area contributed by atoms with Crippen molar-refractivity contribution in [3.63, 3.8) is 0 Å². The Labute approximate surface area is 118 Å². The molecule has 1 aliphatic rings. The van der Waals surface area contributed by atoms with Crippen molar-refractivity contribution in [1.82, 2.24) is 10.2 Å². The number of H-pyrrole nitrogens is 1. The standard InChI is InChI=1S/C13H12BrN3O2/c14-9-3-7-1-2-19-12(7)8(4-9)5-11(18)10-6-16-17-13(10)15/h3-4,6H,1-2,5H2,(H3,15,16,17). The van der Waals surface area contributed by atoms with E-state index >= 15 is 0 Å². The van der Waals surface area contributed by atoms with E-state index in [1.165, 1.54) is 6.20 Å². The van der Waals surface area contributed by atoms with Crippen molar-refractivity contribution >= 4 is 27.5 Å². The number of ketones is 1. The summed E-state index contributed by atoms with van der Waals surface area (Å²) in [5, 5.41) is 6.33. The van der Waals surface area contributed by atoms with Gasteiger partial charge in [0.25, 0.3) is 0 Å². The zero-order valence-corrected chi connectivity index (χ0v) is 11.7. The van der Waals surface area contributed by atoms with E-state index in [9.17, 15) is 4.79 Å². The van der Waals surface area contributed by atoms with Gasteiger partial charge in [0.2, 0.25) is 0 Å². The van der Waals surface area contributed by atoms with E-state index < -0.39 is 0 Å². The van der Waals surface area contributed by atoms with E-state index in [0.717, 1.165) is 27.8 Å². The number of hydrogen-bond acceptors (Lipinski definition) is 4. The van der Waals surface area contributed by atoms with Crippen LogP contribution in [0.2, 0.25) is 0 Å². The first kappa shape index (κ1) is 12.2. The highest BCUT2D eigenvalue weighted by atomic mass is 79.9. The fourth-order valence-electron chi connectivity index (χ4n) is 2.26. The Hall–Kier alpha value is -1.82. The van der Waals surface area contributed by atoms with Crippen LogP contribution in [0.1, 0.15) is 21.5 Å². The second kappa shape index (κ2) is 4.70. The Kier molecular flexibility index (Phi) is 3.02. The number of halogens is 1. The highest BCUT2D eigenvalue weighted by molar-refractivity contribution is 9.10. The third-order valence-electron chi connectivity index (χ3n) is 3.15. The van der Waals surface area contributed by atoms with Crippen molar-refractivity contribution < 1.29 is 9.53 Å². The Balaban J connectivity index is 1.92. The summed E-state index contributed by atoms with van der Waals surface area (Å²) in [6.45, 7) is 0.667. The number of anilines is 1. The summed E-state index contributed by atoms with van der Waals surface area (Å²) in [6.07, 6.45) is 2.59. The zero-order chi connectivity index (χ0) is 13.4. The number of hydrogen-bond donors (Lipinski definition) is 2. The van der Waals surface area contributed by atoms with E-state index in [1.54, 1.807) is 0 Å². The molecule has 2 aromatic rings. The second-order valence-electron chi connectivity index (χ2n) is 4.45. The monoisotopic (exact) mass is 321 g/mol. The van der Waals surface area contributed by atoms with Crippen molar-refractivity contribution in [3.8, 4) is 5.75 Å². The quantitative estimate of drug-likeness (QED) is 0.848. The molecule has 1 aliphatic heterocycles. The van der Waals surface area contributed by atoms with Crippen molar-refractivity contribution in [3.05, 3.63) is 39.5 Å². The number of Topliss-reactive ketones (excluding diaryl/α,β-unsaturated/α-hetero) is 1. The van der Waals surface area contributed by atoms with Gasteiger partial charge in [0.1, 0.15) is 11.6 Å². The van der Waals surface area contributed by atoms with Gasteiger partial charge in [-0.15, -0.1) is 0 Å². The topological polar surface area (TPSA) is 81.0 Å². The molecule has 19 heavy (non-hydrogen) atoms. The molecule has 0 saturated carbocycles. The van der Waals surface area contributed by atoms with Crippen LogP contribution in [0.5, 0.6) is 5.75 Å². The number of nitrogens with zero attached hydrogens (tertiary/aromatic N) is 1. The highest BCUT2D eigenvalue weighted by Gasteiger charge is 2.21. The lowest BCUT2D eigenvalue weighted by molar-refractivity contribution is 0.0993. The van der Waals surface area contributed by atoms with Gasteiger partial charge in [-0.3, -0.25) is 9.89 Å². The molecular formula is C13H12BrN3O2. The number of aromatic amines is 1. The van der Waals surface area contributed by atoms with E-state index in [4.69, 9.17) is 10.5 Å². The van der Waals surface area contributed by atoms with Crippen LogP contribution in [0.25, 0.3) is 0 Å². The molecule has 0 amide bonds. The van der Waals surface area contributed by atoms with Crippen molar-refractivity contribution in [2.45, 2.75) is 12.8 Å². The maximum absolute atomic E-state index is 12.2. The minimum absolute atomic E-state index is 0.0675. The maximum Gasteiger partial charge on any atom is 0.172 e. The van der Waals surface area contributed by atoms with E-state index in [0.29, 0.717) is 18.0 Å². The number of fused-ring (bicyclic) bond motifs is 1. The van der Waals surface area contributed by atoms with Gasteiger partial charge in [0.15, 0.2) is 5.78 Å². The van der Waals surface area contributed by atoms with Crippen LogP contribution in [-0.2, 0) is 12.8 Å². The van der Waals surface area contributed by atoms with E-state index in [-0.39, 0.29) is 12.2 Å². The average molecular weight is 322 g/mol. The van der Waals surface area contributed by atoms with Gasteiger partial charge in [0.05, 0.1) is 18.4 Å². The predicted octanol–water partition coefficient (Wildman–Crippen LogP) is 2.11. The lowest BCUT2D eigenvalue weighted by atomic mass is 10.0. The average Bonchev–Trinajstić information content (AvgIpc) is 2.97. The first-order valence-corrected chi connectivity index (χ1v) is 6.70. The fraction of sp³-hybridized carbons (Fsp3) is 0.231. The third-order valence-corrected chi connectivity index (χ3v) is 3.60. The van der Waals surface area contributed by atoms with Gasteiger partial charge in [-0.1, -0.05) is 15.9 Å². The van der Waals surface area contributed by atoms with Gasteiger partial charge < -0.3 is 10.5 Å². The first-order valence-electron chi connectivity index (χ1n) is 5.91. The molecule has 0 spiro atoms. The molecule has 0 bridgehead atoms. The van der Waals surface area contributed by atoms with E-state index in [2.05, 4.69) is 26.1 Å². The Morgan fingerprint density at radius 2 is 2.37 bits per heavy atom. The van der Waals surface area contributed by atoms with Gasteiger partial charge in [-0.25, -0.2) is 0 Å². The Morgan fingerprint density at radius 1 is 1.53 bits per heavy atom. The first-order chi connectivity index (χ1) is 9.15.